The molecule has 0 spiro atoms. The lowest BCUT2D eigenvalue weighted by molar-refractivity contribution is 0.181. The molecule has 0 radical (unpaired) electrons. The van der Waals surface area contributed by atoms with E-state index in [0.717, 1.165) is 53.6 Å². The van der Waals surface area contributed by atoms with Gasteiger partial charge in [0.05, 0.1) is 17.2 Å². The van der Waals surface area contributed by atoms with Gasteiger partial charge in [0.15, 0.2) is 0 Å². The Kier molecular flexibility index (Phi) is 9.22. The number of rotatable bonds is 9. The van der Waals surface area contributed by atoms with E-state index in [1.807, 2.05) is 11.3 Å². The Morgan fingerprint density at radius 1 is 0.849 bits per heavy atom. The van der Waals surface area contributed by atoms with Gasteiger partial charge in [0.1, 0.15) is 6.17 Å². The van der Waals surface area contributed by atoms with Crippen LogP contribution in [0.4, 0.5) is 0 Å². The van der Waals surface area contributed by atoms with Gasteiger partial charge in [-0.2, -0.15) is 0 Å². The summed E-state index contributed by atoms with van der Waals surface area (Å²) >= 11 is 3.70. The lowest BCUT2D eigenvalue weighted by Crippen LogP contribution is -2.34. The number of aryl methyl sites for hydroxylation is 1. The third-order valence-electron chi connectivity index (χ3n) is 10.8. The van der Waals surface area contributed by atoms with E-state index >= 15 is 0 Å². The standard InChI is InChI=1S/C47H42N4S2/c1-50(46(48)40-24-14-22-35(45(40)52-2)31-15-5-3-6-16-31)47(32-27-28-38-37-21-10-12-26-42(37)53-43(38)29-32)49-30-33-17-13-23-39-36-20-9-11-25-41(36)51(44(33)39)34-18-7-4-8-19-34/h3-5,7-11,13-15,17-25,27-30,46-47H,6,12,16,26,48H2,1-2H3. The lowest BCUT2D eigenvalue weighted by Gasteiger charge is -2.32. The van der Waals surface area contributed by atoms with Gasteiger partial charge in [-0.1, -0.05) is 115 Å². The molecule has 53 heavy (non-hydrogen) atoms. The van der Waals surface area contributed by atoms with Crippen LogP contribution in [0.2, 0.25) is 0 Å². The zero-order chi connectivity index (χ0) is 35.9. The zero-order valence-electron chi connectivity index (χ0n) is 30.1. The number of nitrogens with zero attached hydrogens (tertiary/aromatic N) is 3. The van der Waals surface area contributed by atoms with Gasteiger partial charge >= 0.3 is 0 Å². The minimum absolute atomic E-state index is 0.330. The molecular formula is C47H42N4S2. The number of thiophene rings is 1. The SMILES string of the molecule is CSc1c(C2=CC=CCC2)cccc1C(N)N(C)C(N=Cc1cccc2c3ccccc3n(-c3ccccc3)c12)c1ccc2c3c(sc2c1)CCC=C3. The number of allylic oxidation sites excluding steroid dienone is 5. The van der Waals surface area contributed by atoms with Crippen LogP contribution in [0.1, 0.15) is 64.3 Å². The van der Waals surface area contributed by atoms with Gasteiger partial charge in [0.25, 0.3) is 0 Å². The number of hydrogen-bond acceptors (Lipinski definition) is 5. The fraction of sp³-hybridized carbons (Fsp3) is 0.170. The summed E-state index contributed by atoms with van der Waals surface area (Å²) in [6.45, 7) is 0. The maximum Gasteiger partial charge on any atom is 0.129 e. The molecule has 2 aliphatic rings. The number of benzene rings is 5. The first-order valence-electron chi connectivity index (χ1n) is 18.4. The first-order valence-corrected chi connectivity index (χ1v) is 20.5. The summed E-state index contributed by atoms with van der Waals surface area (Å²) in [7, 11) is 2.12. The smallest absolute Gasteiger partial charge is 0.129 e. The van der Waals surface area contributed by atoms with Crippen molar-refractivity contribution in [2.75, 3.05) is 13.3 Å². The first-order chi connectivity index (χ1) is 26.1. The van der Waals surface area contributed by atoms with E-state index in [1.54, 1.807) is 11.8 Å². The molecule has 7 aromatic rings. The molecule has 2 unspecified atom stereocenters. The summed E-state index contributed by atoms with van der Waals surface area (Å²) in [6, 6.07) is 39.4. The van der Waals surface area contributed by atoms with Crippen LogP contribution < -0.4 is 5.73 Å². The molecule has 5 aromatic carbocycles. The van der Waals surface area contributed by atoms with E-state index in [0.29, 0.717) is 0 Å². The van der Waals surface area contributed by atoms with Gasteiger partial charge in [0, 0.05) is 42.7 Å². The number of aliphatic imine (C=N–C) groups is 1. The van der Waals surface area contributed by atoms with Crippen LogP contribution in [0.5, 0.6) is 0 Å². The fourth-order valence-electron chi connectivity index (χ4n) is 8.17. The number of nitrogens with two attached hydrogens (primary N) is 1. The number of hydrogen-bond donors (Lipinski definition) is 1. The van der Waals surface area contributed by atoms with Gasteiger partial charge in [-0.15, -0.1) is 23.1 Å². The van der Waals surface area contributed by atoms with Crippen LogP contribution in [-0.2, 0) is 6.42 Å². The van der Waals surface area contributed by atoms with Crippen molar-refractivity contribution in [2.24, 2.45) is 10.7 Å². The molecule has 0 amide bonds. The number of aromatic nitrogens is 1. The van der Waals surface area contributed by atoms with E-state index in [-0.39, 0.29) is 12.3 Å². The first kappa shape index (κ1) is 33.8. The molecule has 2 atom stereocenters. The Hall–Kier alpha value is -4.98. The summed E-state index contributed by atoms with van der Waals surface area (Å²) in [5.41, 5.74) is 18.1. The quantitative estimate of drug-likeness (QED) is 0.0915. The molecule has 6 heteroatoms. The van der Waals surface area contributed by atoms with E-state index in [4.69, 9.17) is 10.7 Å². The summed E-state index contributed by atoms with van der Waals surface area (Å²) in [5, 5.41) is 3.76. The summed E-state index contributed by atoms with van der Waals surface area (Å²) in [4.78, 5) is 10.4. The second-order valence-corrected chi connectivity index (χ2v) is 15.9. The summed E-state index contributed by atoms with van der Waals surface area (Å²) in [5.74, 6) is 0. The Balaban J connectivity index is 1.19. The Morgan fingerprint density at radius 2 is 1.66 bits per heavy atom. The Labute approximate surface area is 319 Å². The zero-order valence-corrected chi connectivity index (χ0v) is 31.7. The Morgan fingerprint density at radius 3 is 2.51 bits per heavy atom. The fourth-order valence-corrected chi connectivity index (χ4v) is 10.3. The van der Waals surface area contributed by atoms with Crippen molar-refractivity contribution in [3.63, 3.8) is 0 Å². The second kappa shape index (κ2) is 14.4. The third kappa shape index (κ3) is 6.10. The topological polar surface area (TPSA) is 46.5 Å². The molecule has 0 saturated carbocycles. The van der Waals surface area contributed by atoms with E-state index in [2.05, 4.69) is 169 Å². The van der Waals surface area contributed by atoms with Crippen molar-refractivity contribution in [3.05, 3.63) is 166 Å². The Bertz CT molecular complexity index is 2600. The average molecular weight is 727 g/mol. The van der Waals surface area contributed by atoms with Crippen molar-refractivity contribution < 1.29 is 0 Å². The third-order valence-corrected chi connectivity index (χ3v) is 12.9. The van der Waals surface area contributed by atoms with Crippen molar-refractivity contribution in [1.82, 2.24) is 9.47 Å². The van der Waals surface area contributed by atoms with Crippen LogP contribution in [-0.4, -0.2) is 29.0 Å². The predicted molar refractivity (Wildman–Crippen MR) is 230 cm³/mol. The molecule has 0 bridgehead atoms. The molecule has 2 N–H and O–H groups in total. The van der Waals surface area contributed by atoms with Gasteiger partial charge in [-0.05, 0) is 96.5 Å². The van der Waals surface area contributed by atoms with Gasteiger partial charge in [0.2, 0.25) is 0 Å². The molecular weight excluding hydrogens is 685 g/mol. The summed E-state index contributed by atoms with van der Waals surface area (Å²) < 4.78 is 3.68. The van der Waals surface area contributed by atoms with Crippen molar-refractivity contribution >= 4 is 72.9 Å². The minimum atomic E-state index is -0.388. The van der Waals surface area contributed by atoms with Crippen LogP contribution in [0.15, 0.2) is 143 Å². The van der Waals surface area contributed by atoms with Crippen LogP contribution in [0.3, 0.4) is 0 Å². The normalized spacial score (nSPS) is 15.5. The maximum absolute atomic E-state index is 7.35. The predicted octanol–water partition coefficient (Wildman–Crippen LogP) is 12.1. The molecule has 2 aromatic heterocycles. The molecule has 9 rings (SSSR count). The largest absolute Gasteiger partial charge is 0.312 e. The number of fused-ring (bicyclic) bond motifs is 6. The highest BCUT2D eigenvalue weighted by atomic mass is 32.2. The molecule has 4 nitrogen and oxygen atoms in total. The number of thioether (sulfide) groups is 1. The van der Waals surface area contributed by atoms with Crippen molar-refractivity contribution in [2.45, 2.75) is 42.9 Å². The van der Waals surface area contributed by atoms with E-state index < -0.39 is 0 Å². The van der Waals surface area contributed by atoms with Gasteiger partial charge < -0.3 is 10.3 Å². The summed E-state index contributed by atoms with van der Waals surface area (Å²) in [6.07, 6.45) is 19.1. The second-order valence-electron chi connectivity index (χ2n) is 13.9. The average Bonchev–Trinajstić information content (AvgIpc) is 3.77. The van der Waals surface area contributed by atoms with Crippen LogP contribution in [0, 0.1) is 0 Å². The highest BCUT2D eigenvalue weighted by molar-refractivity contribution is 7.98. The van der Waals surface area contributed by atoms with Crippen molar-refractivity contribution in [1.29, 1.82) is 0 Å². The maximum atomic E-state index is 7.35. The van der Waals surface area contributed by atoms with Crippen LogP contribution in [0.25, 0.3) is 49.2 Å². The van der Waals surface area contributed by atoms with Crippen LogP contribution >= 0.6 is 23.1 Å². The monoisotopic (exact) mass is 726 g/mol. The minimum Gasteiger partial charge on any atom is -0.312 e. The van der Waals surface area contributed by atoms with Gasteiger partial charge in [-0.3, -0.25) is 9.89 Å². The highest BCUT2D eigenvalue weighted by Gasteiger charge is 2.27. The van der Waals surface area contributed by atoms with Crippen molar-refractivity contribution in [3.8, 4) is 5.69 Å². The lowest BCUT2D eigenvalue weighted by atomic mass is 9.95. The molecule has 262 valence electrons. The molecule has 0 aliphatic heterocycles. The molecule has 2 aliphatic carbocycles. The van der Waals surface area contributed by atoms with E-state index in [1.165, 1.54) is 52.8 Å². The highest BCUT2D eigenvalue weighted by Crippen LogP contribution is 2.41. The molecule has 2 heterocycles. The van der Waals surface area contributed by atoms with Gasteiger partial charge in [-0.25, -0.2) is 0 Å². The molecule has 0 fully saturated rings. The van der Waals surface area contributed by atoms with E-state index in [9.17, 15) is 0 Å². The number of para-hydroxylation sites is 3. The molecule has 0 saturated heterocycles.